The summed E-state index contributed by atoms with van der Waals surface area (Å²) in [5.74, 6) is 0. The highest BCUT2D eigenvalue weighted by Gasteiger charge is 2.47. The summed E-state index contributed by atoms with van der Waals surface area (Å²) in [6.45, 7) is 9.85. The summed E-state index contributed by atoms with van der Waals surface area (Å²) >= 11 is 0. The third-order valence-electron chi connectivity index (χ3n) is 15.3. The van der Waals surface area contributed by atoms with Gasteiger partial charge in [-0.25, -0.2) is 0 Å². The monoisotopic (exact) mass is 896 g/mol. The Morgan fingerprint density at radius 2 is 0.529 bits per heavy atom. The van der Waals surface area contributed by atoms with Crippen LogP contribution in [0.5, 0.6) is 0 Å². The van der Waals surface area contributed by atoms with E-state index < -0.39 is 0 Å². The van der Waals surface area contributed by atoms with Crippen LogP contribution in [0, 0.1) is 0 Å². The third-order valence-corrected chi connectivity index (χ3v) is 15.3. The van der Waals surface area contributed by atoms with E-state index >= 15 is 0 Å². The molecular formula is C68H52N2. The molecule has 0 saturated carbocycles. The smallest absolute Gasteiger partial charge is 0.0468 e. The van der Waals surface area contributed by atoms with Crippen molar-refractivity contribution in [3.8, 4) is 44.5 Å². The van der Waals surface area contributed by atoms with Crippen LogP contribution in [0.3, 0.4) is 0 Å². The molecule has 0 saturated heterocycles. The first-order valence-electron chi connectivity index (χ1n) is 24.6. The van der Waals surface area contributed by atoms with Crippen LogP contribution < -0.4 is 9.80 Å². The van der Waals surface area contributed by atoms with Gasteiger partial charge in [0.1, 0.15) is 0 Å². The maximum absolute atomic E-state index is 2.46. The van der Waals surface area contributed by atoms with Crippen molar-refractivity contribution in [2.75, 3.05) is 9.80 Å². The number of hydrogen-bond acceptors (Lipinski definition) is 2. The number of fused-ring (bicyclic) bond motifs is 11. The van der Waals surface area contributed by atoms with Gasteiger partial charge in [-0.15, -0.1) is 0 Å². The van der Waals surface area contributed by atoms with E-state index in [0.717, 1.165) is 34.1 Å². The Labute approximate surface area is 411 Å². The maximum Gasteiger partial charge on any atom is 0.0468 e. The van der Waals surface area contributed by atoms with Crippen molar-refractivity contribution >= 4 is 55.7 Å². The topological polar surface area (TPSA) is 6.48 Å². The molecule has 0 amide bonds. The molecule has 334 valence electrons. The van der Waals surface area contributed by atoms with Crippen LogP contribution in [-0.4, -0.2) is 0 Å². The molecule has 0 radical (unpaired) electrons. The Kier molecular flexibility index (Phi) is 9.58. The zero-order chi connectivity index (χ0) is 47.1. The lowest BCUT2D eigenvalue weighted by atomic mass is 9.71. The van der Waals surface area contributed by atoms with Crippen molar-refractivity contribution in [1.82, 2.24) is 0 Å². The lowest BCUT2D eigenvalue weighted by Crippen LogP contribution is -2.24. The molecule has 0 atom stereocenters. The van der Waals surface area contributed by atoms with E-state index in [-0.39, 0.29) is 10.8 Å². The molecule has 0 bridgehead atoms. The fraction of sp³-hybridized carbons (Fsp3) is 0.0882. The predicted octanol–water partition coefficient (Wildman–Crippen LogP) is 18.9. The van der Waals surface area contributed by atoms with Gasteiger partial charge >= 0.3 is 0 Å². The molecule has 2 aliphatic carbocycles. The molecule has 2 aliphatic rings. The number of nitrogens with zero attached hydrogens (tertiary/aromatic N) is 2. The summed E-state index contributed by atoms with van der Waals surface area (Å²) in [5.41, 5.74) is 22.3. The first-order valence-corrected chi connectivity index (χ1v) is 24.6. The summed E-state index contributed by atoms with van der Waals surface area (Å²) < 4.78 is 0. The Morgan fingerprint density at radius 3 is 0.900 bits per heavy atom. The average Bonchev–Trinajstić information content (AvgIpc) is 3.80. The predicted molar refractivity (Wildman–Crippen MR) is 297 cm³/mol. The molecule has 11 aromatic rings. The van der Waals surface area contributed by atoms with Gasteiger partial charge in [-0.3, -0.25) is 0 Å². The van der Waals surface area contributed by atoms with Gasteiger partial charge in [0.15, 0.2) is 0 Å². The fourth-order valence-corrected chi connectivity index (χ4v) is 12.2. The highest BCUT2D eigenvalue weighted by atomic mass is 15.1. The molecule has 0 heterocycles. The van der Waals surface area contributed by atoms with Gasteiger partial charge in [-0.05, 0) is 161 Å². The highest BCUT2D eigenvalue weighted by molar-refractivity contribution is 6.04. The van der Waals surface area contributed by atoms with E-state index in [1.807, 2.05) is 0 Å². The minimum atomic E-state index is -0.238. The van der Waals surface area contributed by atoms with E-state index in [9.17, 15) is 0 Å². The van der Waals surface area contributed by atoms with Crippen molar-refractivity contribution < 1.29 is 0 Å². The van der Waals surface area contributed by atoms with Crippen molar-refractivity contribution in [1.29, 1.82) is 0 Å². The van der Waals surface area contributed by atoms with Crippen LogP contribution in [0.4, 0.5) is 34.1 Å². The largest absolute Gasteiger partial charge is 0.310 e. The van der Waals surface area contributed by atoms with Gasteiger partial charge < -0.3 is 9.80 Å². The molecule has 2 nitrogen and oxygen atoms in total. The second-order valence-electron chi connectivity index (χ2n) is 20.1. The highest BCUT2D eigenvalue weighted by Crippen LogP contribution is 2.61. The molecule has 0 aliphatic heterocycles. The lowest BCUT2D eigenvalue weighted by molar-refractivity contribution is 0.606. The van der Waals surface area contributed by atoms with Gasteiger partial charge in [0.05, 0.1) is 0 Å². The molecule has 2 heteroatoms. The minimum absolute atomic E-state index is 0.238. The first kappa shape index (κ1) is 41.7. The van der Waals surface area contributed by atoms with Crippen LogP contribution in [0.1, 0.15) is 49.9 Å². The molecule has 70 heavy (non-hydrogen) atoms. The maximum atomic E-state index is 2.46. The van der Waals surface area contributed by atoms with Gasteiger partial charge in [0, 0.05) is 45.0 Å². The number of rotatable bonds is 8. The summed E-state index contributed by atoms with van der Waals surface area (Å²) in [6, 6.07) is 89.1. The number of para-hydroxylation sites is 2. The van der Waals surface area contributed by atoms with E-state index in [2.05, 4.69) is 280 Å². The van der Waals surface area contributed by atoms with E-state index in [1.54, 1.807) is 0 Å². The van der Waals surface area contributed by atoms with Crippen molar-refractivity contribution in [3.05, 3.63) is 265 Å². The standard InChI is InChI=1S/C68H52N2/c1-67(2)63-57-39-35-55(69(51-21-13-7-14-22-51)53-31-25-47(26-32-53)45-17-9-5-10-18-45)43-49(57)29-37-59(63)61-41-42-62-60-38-30-50-44-56(36-40-58(50)64(60)68(3,4)66(62)65(61)67)70(52-23-15-8-16-24-52)54-33-27-48(28-34-54)46-19-11-6-12-20-46/h5-44H,1-4H3. The Morgan fingerprint density at radius 1 is 0.243 bits per heavy atom. The third kappa shape index (κ3) is 6.55. The van der Waals surface area contributed by atoms with Gasteiger partial charge in [0.25, 0.3) is 0 Å². The van der Waals surface area contributed by atoms with Crippen LogP contribution >= 0.6 is 0 Å². The van der Waals surface area contributed by atoms with E-state index in [4.69, 9.17) is 0 Å². The molecule has 0 N–H and O–H groups in total. The minimum Gasteiger partial charge on any atom is -0.310 e. The molecule has 0 unspecified atom stereocenters. The second-order valence-corrected chi connectivity index (χ2v) is 20.1. The fourth-order valence-electron chi connectivity index (χ4n) is 12.2. The Bertz CT molecular complexity index is 3530. The van der Waals surface area contributed by atoms with Gasteiger partial charge in [-0.2, -0.15) is 0 Å². The van der Waals surface area contributed by atoms with Gasteiger partial charge in [0.2, 0.25) is 0 Å². The quantitative estimate of drug-likeness (QED) is 0.150. The SMILES string of the molecule is CC1(C)c2c(ccc3c2C(C)(C)c2c-3ccc3cc(N(c4ccccc4)c4ccc(-c5ccccc5)cc4)ccc23)-c2ccc3cc(N(c4ccccc4)c4ccc(-c5ccccc5)cc4)ccc3c21. The summed E-state index contributed by atoms with van der Waals surface area (Å²) in [4.78, 5) is 4.76. The number of benzene rings is 11. The van der Waals surface area contributed by atoms with E-state index in [1.165, 1.54) is 88.3 Å². The van der Waals surface area contributed by atoms with E-state index in [0.29, 0.717) is 0 Å². The molecule has 13 rings (SSSR count). The Balaban J connectivity index is 0.876. The Hall–Kier alpha value is -8.46. The summed E-state index contributed by atoms with van der Waals surface area (Å²) in [5, 5.41) is 5.12. The molecule has 0 spiro atoms. The molecule has 0 aromatic heterocycles. The molecule has 0 fully saturated rings. The summed E-state index contributed by atoms with van der Waals surface area (Å²) in [7, 11) is 0. The lowest BCUT2D eigenvalue weighted by Gasteiger charge is -2.32. The van der Waals surface area contributed by atoms with Crippen molar-refractivity contribution in [2.45, 2.75) is 38.5 Å². The van der Waals surface area contributed by atoms with Gasteiger partial charge in [-0.1, -0.05) is 198 Å². The van der Waals surface area contributed by atoms with Crippen LogP contribution in [0.25, 0.3) is 66.1 Å². The molecular weight excluding hydrogens is 845 g/mol. The number of anilines is 6. The number of hydrogen-bond donors (Lipinski definition) is 0. The first-order chi connectivity index (χ1) is 34.2. The second kappa shape index (κ2) is 16.1. The average molecular weight is 897 g/mol. The normalized spacial score (nSPS) is 13.7. The molecule has 11 aromatic carbocycles. The summed E-state index contributed by atoms with van der Waals surface area (Å²) in [6.07, 6.45) is 0. The zero-order valence-corrected chi connectivity index (χ0v) is 40.0. The zero-order valence-electron chi connectivity index (χ0n) is 40.0. The van der Waals surface area contributed by atoms with Crippen molar-refractivity contribution in [3.63, 3.8) is 0 Å². The van der Waals surface area contributed by atoms with Crippen LogP contribution in [0.15, 0.2) is 243 Å². The van der Waals surface area contributed by atoms with Crippen LogP contribution in [0.2, 0.25) is 0 Å². The van der Waals surface area contributed by atoms with Crippen molar-refractivity contribution in [2.24, 2.45) is 0 Å². The van der Waals surface area contributed by atoms with Crippen LogP contribution in [-0.2, 0) is 10.8 Å².